The molecule has 0 fully saturated rings. The maximum atomic E-state index is 12.1. The van der Waals surface area contributed by atoms with Gasteiger partial charge in [-0.1, -0.05) is 31.9 Å². The van der Waals surface area contributed by atoms with Crippen molar-refractivity contribution in [2.75, 3.05) is 13.2 Å². The number of rotatable bonds is 8. The Bertz CT molecular complexity index is 594. The normalized spacial score (nSPS) is 10.5. The average Bonchev–Trinajstić information content (AvgIpc) is 2.55. The highest BCUT2D eigenvalue weighted by Gasteiger charge is 2.18. The Morgan fingerprint density at radius 3 is 2.35 bits per heavy atom. The van der Waals surface area contributed by atoms with Crippen LogP contribution < -0.4 is 0 Å². The van der Waals surface area contributed by atoms with Gasteiger partial charge in [-0.05, 0) is 43.0 Å². The third-order valence-electron chi connectivity index (χ3n) is 3.05. The molecule has 0 radical (unpaired) electrons. The zero-order chi connectivity index (χ0) is 17.1. The summed E-state index contributed by atoms with van der Waals surface area (Å²) in [7, 11) is 0. The Kier molecular flexibility index (Phi) is 8.23. The van der Waals surface area contributed by atoms with Gasteiger partial charge in [-0.2, -0.15) is 0 Å². The second-order valence-corrected chi connectivity index (χ2v) is 5.39. The minimum Gasteiger partial charge on any atom is -0.462 e. The molecule has 0 aromatic heterocycles. The van der Waals surface area contributed by atoms with Crippen molar-refractivity contribution in [3.8, 4) is 12.3 Å². The standard InChI is InChI=1S/C19H22O4/c1-4-5-8-13-22-18(20)16-11-6-7-12-17(16)19(21)23-14-9-10-15(2)3/h1,5-8,11-12,15H,9-10,13-14H2,2-3H3/b8-5+. The van der Waals surface area contributed by atoms with Crippen LogP contribution in [-0.2, 0) is 9.47 Å². The molecule has 0 unspecified atom stereocenters. The summed E-state index contributed by atoms with van der Waals surface area (Å²) in [5, 5.41) is 0. The predicted octanol–water partition coefficient (Wildman–Crippen LogP) is 3.63. The number of ether oxygens (including phenoxy) is 2. The van der Waals surface area contributed by atoms with E-state index < -0.39 is 11.9 Å². The molecule has 0 amide bonds. The Morgan fingerprint density at radius 1 is 1.17 bits per heavy atom. The Hall–Kier alpha value is -2.54. The molecule has 0 aliphatic rings. The van der Waals surface area contributed by atoms with Crippen LogP contribution in [0.5, 0.6) is 0 Å². The SMILES string of the molecule is C#C/C=C/COC(=O)c1ccccc1C(=O)OCCCC(C)C. The summed E-state index contributed by atoms with van der Waals surface area (Å²) in [6, 6.07) is 6.44. The first-order chi connectivity index (χ1) is 11.1. The van der Waals surface area contributed by atoms with Gasteiger partial charge in [0.05, 0.1) is 17.7 Å². The van der Waals surface area contributed by atoms with E-state index in [9.17, 15) is 9.59 Å². The number of carbonyl (C=O) groups excluding carboxylic acids is 2. The van der Waals surface area contributed by atoms with Gasteiger partial charge < -0.3 is 9.47 Å². The number of carbonyl (C=O) groups is 2. The van der Waals surface area contributed by atoms with Crippen molar-refractivity contribution < 1.29 is 19.1 Å². The monoisotopic (exact) mass is 314 g/mol. The molecule has 0 spiro atoms. The minimum absolute atomic E-state index is 0.0564. The van der Waals surface area contributed by atoms with Gasteiger partial charge in [0.1, 0.15) is 6.61 Å². The number of benzene rings is 1. The maximum Gasteiger partial charge on any atom is 0.339 e. The van der Waals surface area contributed by atoms with Crippen molar-refractivity contribution in [1.82, 2.24) is 0 Å². The first kappa shape index (κ1) is 18.5. The Labute approximate surface area is 137 Å². The Morgan fingerprint density at radius 2 is 1.78 bits per heavy atom. The number of esters is 2. The molecule has 4 nitrogen and oxygen atoms in total. The number of terminal acetylenes is 1. The molecule has 1 aromatic carbocycles. The molecule has 0 bridgehead atoms. The molecule has 23 heavy (non-hydrogen) atoms. The molecule has 1 rings (SSSR count). The zero-order valence-corrected chi connectivity index (χ0v) is 13.6. The van der Waals surface area contributed by atoms with Crippen LogP contribution in [0.25, 0.3) is 0 Å². The fourth-order valence-electron chi connectivity index (χ4n) is 1.89. The molecule has 122 valence electrons. The lowest BCUT2D eigenvalue weighted by Gasteiger charge is -2.09. The van der Waals surface area contributed by atoms with Gasteiger partial charge in [0, 0.05) is 0 Å². The van der Waals surface area contributed by atoms with E-state index in [4.69, 9.17) is 15.9 Å². The highest BCUT2D eigenvalue weighted by atomic mass is 16.5. The molecule has 0 aliphatic heterocycles. The second-order valence-electron chi connectivity index (χ2n) is 5.39. The molecule has 0 atom stereocenters. The van der Waals surface area contributed by atoms with Gasteiger partial charge in [0.2, 0.25) is 0 Å². The van der Waals surface area contributed by atoms with Crippen LogP contribution in [0.1, 0.15) is 47.4 Å². The van der Waals surface area contributed by atoms with Crippen LogP contribution >= 0.6 is 0 Å². The molecule has 0 saturated carbocycles. The van der Waals surface area contributed by atoms with E-state index >= 15 is 0 Å². The summed E-state index contributed by atoms with van der Waals surface area (Å²) in [6.45, 7) is 4.62. The molecule has 4 heteroatoms. The fraction of sp³-hybridized carbons (Fsp3) is 0.368. The summed E-state index contributed by atoms with van der Waals surface area (Å²) in [5.41, 5.74) is 0.401. The smallest absolute Gasteiger partial charge is 0.339 e. The van der Waals surface area contributed by atoms with E-state index in [1.165, 1.54) is 12.1 Å². The van der Waals surface area contributed by atoms with Crippen molar-refractivity contribution in [1.29, 1.82) is 0 Å². The van der Waals surface area contributed by atoms with E-state index in [-0.39, 0.29) is 17.7 Å². The van der Waals surface area contributed by atoms with E-state index in [1.807, 2.05) is 0 Å². The molecular formula is C19H22O4. The molecule has 0 saturated heterocycles. The summed E-state index contributed by atoms with van der Waals surface area (Å²) in [4.78, 5) is 24.2. The maximum absolute atomic E-state index is 12.1. The number of allylic oxidation sites excluding steroid dienone is 1. The highest BCUT2D eigenvalue weighted by molar-refractivity contribution is 6.03. The van der Waals surface area contributed by atoms with Gasteiger partial charge in [-0.25, -0.2) is 9.59 Å². The average molecular weight is 314 g/mol. The van der Waals surface area contributed by atoms with Crippen LogP contribution in [0.15, 0.2) is 36.4 Å². The third kappa shape index (κ3) is 6.84. The zero-order valence-electron chi connectivity index (χ0n) is 13.6. The van der Waals surface area contributed by atoms with E-state index in [0.717, 1.165) is 12.8 Å². The lowest BCUT2D eigenvalue weighted by Crippen LogP contribution is -2.14. The molecule has 1 aromatic rings. The largest absolute Gasteiger partial charge is 0.462 e. The topological polar surface area (TPSA) is 52.6 Å². The van der Waals surface area contributed by atoms with Crippen LogP contribution in [0.2, 0.25) is 0 Å². The molecule has 0 aliphatic carbocycles. The van der Waals surface area contributed by atoms with Crippen molar-refractivity contribution >= 4 is 11.9 Å². The van der Waals surface area contributed by atoms with Crippen LogP contribution in [0.3, 0.4) is 0 Å². The van der Waals surface area contributed by atoms with Crippen LogP contribution in [0, 0.1) is 18.3 Å². The van der Waals surface area contributed by atoms with Gasteiger partial charge in [0.15, 0.2) is 0 Å². The van der Waals surface area contributed by atoms with E-state index in [2.05, 4.69) is 19.8 Å². The molecule has 0 heterocycles. The van der Waals surface area contributed by atoms with Crippen LogP contribution in [0.4, 0.5) is 0 Å². The van der Waals surface area contributed by atoms with E-state index in [1.54, 1.807) is 24.3 Å². The van der Waals surface area contributed by atoms with Crippen LogP contribution in [-0.4, -0.2) is 25.2 Å². The van der Waals surface area contributed by atoms with Crippen molar-refractivity contribution in [3.63, 3.8) is 0 Å². The molecule has 0 N–H and O–H groups in total. The Balaban J connectivity index is 2.65. The van der Waals surface area contributed by atoms with Crippen molar-refractivity contribution in [2.24, 2.45) is 5.92 Å². The quantitative estimate of drug-likeness (QED) is 0.418. The summed E-state index contributed by atoms with van der Waals surface area (Å²) in [5.74, 6) is 1.77. The number of hydrogen-bond acceptors (Lipinski definition) is 4. The summed E-state index contributed by atoms with van der Waals surface area (Å²) in [6.07, 6.45) is 9.83. The van der Waals surface area contributed by atoms with Gasteiger partial charge in [0.25, 0.3) is 0 Å². The molecular weight excluding hydrogens is 292 g/mol. The summed E-state index contributed by atoms with van der Waals surface area (Å²) >= 11 is 0. The minimum atomic E-state index is -0.582. The lowest BCUT2D eigenvalue weighted by molar-refractivity contribution is 0.0468. The first-order valence-electron chi connectivity index (χ1n) is 7.60. The first-order valence-corrected chi connectivity index (χ1v) is 7.60. The lowest BCUT2D eigenvalue weighted by atomic mass is 10.1. The van der Waals surface area contributed by atoms with Crippen molar-refractivity contribution in [3.05, 3.63) is 47.5 Å². The summed E-state index contributed by atoms with van der Waals surface area (Å²) < 4.78 is 10.3. The van der Waals surface area contributed by atoms with E-state index in [0.29, 0.717) is 12.5 Å². The van der Waals surface area contributed by atoms with Gasteiger partial charge in [-0.15, -0.1) is 6.42 Å². The fourth-order valence-corrected chi connectivity index (χ4v) is 1.89. The van der Waals surface area contributed by atoms with Gasteiger partial charge in [-0.3, -0.25) is 0 Å². The highest BCUT2D eigenvalue weighted by Crippen LogP contribution is 2.13. The van der Waals surface area contributed by atoms with Gasteiger partial charge >= 0.3 is 11.9 Å². The predicted molar refractivity (Wildman–Crippen MR) is 89.1 cm³/mol. The van der Waals surface area contributed by atoms with Crippen molar-refractivity contribution in [2.45, 2.75) is 26.7 Å². The third-order valence-corrected chi connectivity index (χ3v) is 3.05. The second kappa shape index (κ2) is 10.2. The number of hydrogen-bond donors (Lipinski definition) is 0.